The lowest BCUT2D eigenvalue weighted by molar-refractivity contribution is 0.254. The summed E-state index contributed by atoms with van der Waals surface area (Å²) in [5.41, 5.74) is 0.867. The van der Waals surface area contributed by atoms with E-state index in [1.807, 2.05) is 18.2 Å². The van der Waals surface area contributed by atoms with Gasteiger partial charge in [0, 0.05) is 0 Å². The van der Waals surface area contributed by atoms with Gasteiger partial charge in [0.2, 0.25) is 0 Å². The van der Waals surface area contributed by atoms with Crippen molar-refractivity contribution in [3.05, 3.63) is 48.1 Å². The van der Waals surface area contributed by atoms with E-state index in [2.05, 4.69) is 38.2 Å². The van der Waals surface area contributed by atoms with Crippen LogP contribution in [0.4, 0.5) is 0 Å². The molecule has 0 fully saturated rings. The summed E-state index contributed by atoms with van der Waals surface area (Å²) in [6.45, 7) is 5.63. The van der Waals surface area contributed by atoms with E-state index < -0.39 is 0 Å². The summed E-state index contributed by atoms with van der Waals surface area (Å²) in [6, 6.07) is 5.77. The van der Waals surface area contributed by atoms with Gasteiger partial charge in [-0.25, -0.2) is 0 Å². The zero-order chi connectivity index (χ0) is 23.1. The van der Waals surface area contributed by atoms with Crippen LogP contribution in [-0.4, -0.2) is 18.3 Å². The Labute approximate surface area is 197 Å². The van der Waals surface area contributed by atoms with Crippen molar-refractivity contribution in [1.29, 1.82) is 0 Å². The Hall–Kier alpha value is -1.74. The Morgan fingerprint density at radius 3 is 1.59 bits per heavy atom. The van der Waals surface area contributed by atoms with E-state index in [4.69, 9.17) is 9.47 Å². The number of aliphatic hydroxyl groups excluding tert-OH is 1. The largest absolute Gasteiger partial charge is 0.490 e. The maximum absolute atomic E-state index is 9.46. The lowest BCUT2D eigenvalue weighted by atomic mass is 10.1. The molecule has 0 aromatic heterocycles. The van der Waals surface area contributed by atoms with Gasteiger partial charge in [-0.2, -0.15) is 0 Å². The lowest BCUT2D eigenvalue weighted by Gasteiger charge is -2.14. The number of aliphatic hydroxyl groups is 1. The van der Waals surface area contributed by atoms with Gasteiger partial charge in [-0.05, 0) is 70.1 Å². The number of hydrogen-bond donors (Lipinski definition) is 1. The summed E-state index contributed by atoms with van der Waals surface area (Å²) in [4.78, 5) is 0. The van der Waals surface area contributed by atoms with E-state index in [9.17, 15) is 5.11 Å². The summed E-state index contributed by atoms with van der Waals surface area (Å²) in [6.07, 6.45) is 26.2. The van der Waals surface area contributed by atoms with Crippen molar-refractivity contribution < 1.29 is 14.6 Å². The van der Waals surface area contributed by atoms with Gasteiger partial charge in [-0.1, -0.05) is 81.7 Å². The molecule has 182 valence electrons. The first-order chi connectivity index (χ1) is 15.8. The Balaban J connectivity index is 2.20. The molecule has 1 rings (SSSR count). The van der Waals surface area contributed by atoms with Crippen LogP contribution in [0.3, 0.4) is 0 Å². The molecule has 3 heteroatoms. The van der Waals surface area contributed by atoms with Gasteiger partial charge >= 0.3 is 0 Å². The normalized spacial score (nSPS) is 11.6. The van der Waals surface area contributed by atoms with Gasteiger partial charge < -0.3 is 14.6 Å². The molecule has 0 radical (unpaired) electrons. The van der Waals surface area contributed by atoms with E-state index in [-0.39, 0.29) is 6.61 Å². The van der Waals surface area contributed by atoms with Crippen LogP contribution in [0.5, 0.6) is 11.5 Å². The average molecular weight is 445 g/mol. The van der Waals surface area contributed by atoms with Crippen molar-refractivity contribution in [1.82, 2.24) is 0 Å². The maximum atomic E-state index is 9.46. The molecule has 0 saturated heterocycles. The second kappa shape index (κ2) is 21.1. The van der Waals surface area contributed by atoms with Gasteiger partial charge in [0.05, 0.1) is 19.8 Å². The first-order valence-electron chi connectivity index (χ1n) is 13.0. The third-order valence-electron chi connectivity index (χ3n) is 5.71. The first-order valence-corrected chi connectivity index (χ1v) is 13.0. The molecule has 0 saturated carbocycles. The number of benzene rings is 1. The van der Waals surface area contributed by atoms with Crippen molar-refractivity contribution in [3.8, 4) is 11.5 Å². The summed E-state index contributed by atoms with van der Waals surface area (Å²) >= 11 is 0. The van der Waals surface area contributed by atoms with Crippen LogP contribution >= 0.6 is 0 Å². The van der Waals surface area contributed by atoms with Crippen LogP contribution in [0.1, 0.15) is 109 Å². The molecule has 1 N–H and O–H groups in total. The molecule has 1 aromatic carbocycles. The van der Waals surface area contributed by atoms with Crippen molar-refractivity contribution >= 4 is 0 Å². The van der Waals surface area contributed by atoms with Crippen molar-refractivity contribution in [2.45, 2.75) is 110 Å². The zero-order valence-electron chi connectivity index (χ0n) is 20.8. The molecule has 1 aromatic rings. The highest BCUT2D eigenvalue weighted by atomic mass is 16.5. The van der Waals surface area contributed by atoms with Crippen LogP contribution in [-0.2, 0) is 6.61 Å². The summed E-state index contributed by atoms with van der Waals surface area (Å²) in [5, 5.41) is 9.46. The van der Waals surface area contributed by atoms with Gasteiger partial charge in [0.15, 0.2) is 11.5 Å². The molecule has 3 nitrogen and oxygen atoms in total. The molecule has 32 heavy (non-hydrogen) atoms. The van der Waals surface area contributed by atoms with E-state index in [1.54, 1.807) is 0 Å². The minimum Gasteiger partial charge on any atom is -0.490 e. The predicted octanol–water partition coefficient (Wildman–Crippen LogP) is 8.55. The quantitative estimate of drug-likeness (QED) is 0.152. The highest BCUT2D eigenvalue weighted by Gasteiger charge is 2.07. The average Bonchev–Trinajstić information content (AvgIpc) is 2.82. The Bertz CT molecular complexity index is 606. The summed E-state index contributed by atoms with van der Waals surface area (Å²) < 4.78 is 12.0. The predicted molar refractivity (Wildman–Crippen MR) is 138 cm³/mol. The fraction of sp³-hybridized carbons (Fsp3) is 0.655. The molecule has 0 unspecified atom stereocenters. The number of hydrogen-bond acceptors (Lipinski definition) is 3. The molecular formula is C29H48O3. The van der Waals surface area contributed by atoms with Crippen LogP contribution in [0.2, 0.25) is 0 Å². The van der Waals surface area contributed by atoms with Gasteiger partial charge in [-0.15, -0.1) is 0 Å². The fourth-order valence-electron chi connectivity index (χ4n) is 3.72. The molecule has 0 aliphatic rings. The molecule has 0 aliphatic heterocycles. The smallest absolute Gasteiger partial charge is 0.161 e. The van der Waals surface area contributed by atoms with Crippen LogP contribution in [0, 0.1) is 0 Å². The number of unbranched alkanes of at least 4 members (excludes halogenated alkanes) is 12. The standard InChI is InChI=1S/C29H48O3/c1-3-5-7-9-11-13-15-17-19-23-31-28-22-21-27(26-30)25-29(28)32-24-20-18-16-14-12-10-8-6-4-2/h3-6,21-22,25,30H,7-20,23-24,26H2,1-2H3/b5-3-,6-4-. The molecule has 0 bridgehead atoms. The third kappa shape index (κ3) is 15.1. The lowest BCUT2D eigenvalue weighted by Crippen LogP contribution is -2.03. The SMILES string of the molecule is C/C=C\CCCCCCCCOc1ccc(CO)cc1OCCCCCCCC/C=C\C. The van der Waals surface area contributed by atoms with Crippen LogP contribution < -0.4 is 9.47 Å². The number of rotatable bonds is 21. The minimum absolute atomic E-state index is 0.0257. The molecule has 0 aliphatic carbocycles. The minimum atomic E-state index is 0.0257. The van der Waals surface area contributed by atoms with Crippen molar-refractivity contribution in [2.24, 2.45) is 0 Å². The molecule has 0 heterocycles. The Morgan fingerprint density at radius 2 is 1.09 bits per heavy atom. The topological polar surface area (TPSA) is 38.7 Å². The number of allylic oxidation sites excluding steroid dienone is 4. The van der Waals surface area contributed by atoms with E-state index >= 15 is 0 Å². The highest BCUT2D eigenvalue weighted by Crippen LogP contribution is 2.29. The molecule has 0 amide bonds. The number of ether oxygens (including phenoxy) is 2. The monoisotopic (exact) mass is 444 g/mol. The maximum Gasteiger partial charge on any atom is 0.161 e. The summed E-state index contributed by atoms with van der Waals surface area (Å²) in [7, 11) is 0. The van der Waals surface area contributed by atoms with E-state index in [1.165, 1.54) is 77.0 Å². The Kier molecular flexibility index (Phi) is 18.7. The summed E-state index contributed by atoms with van der Waals surface area (Å²) in [5.74, 6) is 1.57. The van der Waals surface area contributed by atoms with Crippen LogP contribution in [0.15, 0.2) is 42.5 Å². The van der Waals surface area contributed by atoms with Gasteiger partial charge in [0.25, 0.3) is 0 Å². The second-order valence-corrected chi connectivity index (χ2v) is 8.59. The van der Waals surface area contributed by atoms with Gasteiger partial charge in [-0.3, -0.25) is 0 Å². The van der Waals surface area contributed by atoms with Crippen molar-refractivity contribution in [2.75, 3.05) is 13.2 Å². The van der Waals surface area contributed by atoms with E-state index in [0.717, 1.165) is 36.5 Å². The first kappa shape index (κ1) is 28.3. The zero-order valence-corrected chi connectivity index (χ0v) is 20.8. The second-order valence-electron chi connectivity index (χ2n) is 8.59. The molecule has 0 spiro atoms. The van der Waals surface area contributed by atoms with Crippen molar-refractivity contribution in [3.63, 3.8) is 0 Å². The third-order valence-corrected chi connectivity index (χ3v) is 5.71. The Morgan fingerprint density at radius 1 is 0.625 bits per heavy atom. The highest BCUT2D eigenvalue weighted by molar-refractivity contribution is 5.42. The molecular weight excluding hydrogens is 396 g/mol. The fourth-order valence-corrected chi connectivity index (χ4v) is 3.72. The van der Waals surface area contributed by atoms with E-state index in [0.29, 0.717) is 6.61 Å². The molecule has 0 atom stereocenters. The van der Waals surface area contributed by atoms with Gasteiger partial charge in [0.1, 0.15) is 0 Å². The van der Waals surface area contributed by atoms with Crippen LogP contribution in [0.25, 0.3) is 0 Å².